The summed E-state index contributed by atoms with van der Waals surface area (Å²) >= 11 is 0. The van der Waals surface area contributed by atoms with Crippen LogP contribution in [0.15, 0.2) is 12.4 Å². The van der Waals surface area contributed by atoms with Crippen LogP contribution in [0.1, 0.15) is 39.1 Å². The molecular formula is C12H20N4O2. The first-order valence-corrected chi connectivity index (χ1v) is 6.20. The standard InChI is InChI=1S/C12H20N4O2/c1-4-6-10-14-7-8-16(10)9(3)11(17)15-12(18)13-5-2/h7-9H,4-6H2,1-3H3,(H2,13,15,17,18). The van der Waals surface area contributed by atoms with E-state index in [9.17, 15) is 9.59 Å². The number of nitrogens with zero attached hydrogens (tertiary/aromatic N) is 2. The zero-order chi connectivity index (χ0) is 13.5. The Labute approximate surface area is 107 Å². The third kappa shape index (κ3) is 3.58. The third-order valence-corrected chi connectivity index (χ3v) is 2.59. The molecule has 0 aliphatic carbocycles. The summed E-state index contributed by atoms with van der Waals surface area (Å²) in [6.45, 7) is 6.08. The first-order chi connectivity index (χ1) is 8.60. The lowest BCUT2D eigenvalue weighted by Crippen LogP contribution is -2.42. The smallest absolute Gasteiger partial charge is 0.321 e. The Morgan fingerprint density at radius 2 is 2.17 bits per heavy atom. The van der Waals surface area contributed by atoms with Crippen molar-refractivity contribution < 1.29 is 9.59 Å². The summed E-state index contributed by atoms with van der Waals surface area (Å²) < 4.78 is 1.79. The lowest BCUT2D eigenvalue weighted by Gasteiger charge is -2.15. The number of amides is 3. The van der Waals surface area contributed by atoms with Crippen LogP contribution < -0.4 is 10.6 Å². The van der Waals surface area contributed by atoms with E-state index >= 15 is 0 Å². The molecule has 18 heavy (non-hydrogen) atoms. The minimum Gasteiger partial charge on any atom is -0.338 e. The minimum atomic E-state index is -0.466. The molecule has 6 heteroatoms. The molecule has 0 radical (unpaired) electrons. The van der Waals surface area contributed by atoms with Gasteiger partial charge in [-0.1, -0.05) is 6.92 Å². The summed E-state index contributed by atoms with van der Waals surface area (Å²) in [5, 5.41) is 4.82. The van der Waals surface area contributed by atoms with Gasteiger partial charge in [0.15, 0.2) is 0 Å². The van der Waals surface area contributed by atoms with Crippen molar-refractivity contribution in [1.29, 1.82) is 0 Å². The van der Waals surface area contributed by atoms with E-state index in [1.807, 2.05) is 0 Å². The first-order valence-electron chi connectivity index (χ1n) is 6.20. The van der Waals surface area contributed by atoms with Gasteiger partial charge in [0.2, 0.25) is 0 Å². The summed E-state index contributed by atoms with van der Waals surface area (Å²) in [5.41, 5.74) is 0. The predicted molar refractivity (Wildman–Crippen MR) is 68.1 cm³/mol. The molecule has 1 heterocycles. The Morgan fingerprint density at radius 3 is 2.78 bits per heavy atom. The molecule has 100 valence electrons. The van der Waals surface area contributed by atoms with E-state index in [-0.39, 0.29) is 5.91 Å². The molecule has 0 aromatic carbocycles. The molecule has 2 N–H and O–H groups in total. The zero-order valence-corrected chi connectivity index (χ0v) is 11.1. The number of urea groups is 1. The maximum atomic E-state index is 11.9. The zero-order valence-electron chi connectivity index (χ0n) is 11.1. The molecule has 0 saturated heterocycles. The van der Waals surface area contributed by atoms with Crippen molar-refractivity contribution in [3.05, 3.63) is 18.2 Å². The molecule has 0 aliphatic rings. The summed E-state index contributed by atoms with van der Waals surface area (Å²) in [7, 11) is 0. The number of hydrogen-bond acceptors (Lipinski definition) is 3. The molecule has 1 aromatic heterocycles. The van der Waals surface area contributed by atoms with Gasteiger partial charge in [-0.25, -0.2) is 9.78 Å². The number of imide groups is 1. The van der Waals surface area contributed by atoms with Crippen LogP contribution in [-0.2, 0) is 11.2 Å². The molecule has 0 fully saturated rings. The van der Waals surface area contributed by atoms with Crippen LogP contribution in [0.4, 0.5) is 4.79 Å². The fourth-order valence-electron chi connectivity index (χ4n) is 1.66. The van der Waals surface area contributed by atoms with Crippen molar-refractivity contribution in [3.8, 4) is 0 Å². The summed E-state index contributed by atoms with van der Waals surface area (Å²) in [6, 6.07) is -0.914. The maximum absolute atomic E-state index is 11.9. The largest absolute Gasteiger partial charge is 0.338 e. The van der Waals surface area contributed by atoms with Gasteiger partial charge in [-0.2, -0.15) is 0 Å². The average Bonchev–Trinajstić information content (AvgIpc) is 2.77. The number of nitrogens with one attached hydrogen (secondary N) is 2. The van der Waals surface area contributed by atoms with E-state index < -0.39 is 12.1 Å². The van der Waals surface area contributed by atoms with Gasteiger partial charge in [0.1, 0.15) is 11.9 Å². The second-order valence-electron chi connectivity index (χ2n) is 4.03. The van der Waals surface area contributed by atoms with Crippen LogP contribution in [0.3, 0.4) is 0 Å². The first kappa shape index (κ1) is 14.2. The van der Waals surface area contributed by atoms with Crippen molar-refractivity contribution in [2.24, 2.45) is 0 Å². The van der Waals surface area contributed by atoms with Gasteiger partial charge in [-0.15, -0.1) is 0 Å². The lowest BCUT2D eigenvalue weighted by molar-refractivity contribution is -0.122. The second kappa shape index (κ2) is 6.78. The van der Waals surface area contributed by atoms with E-state index in [1.165, 1.54) is 0 Å². The van der Waals surface area contributed by atoms with E-state index in [0.717, 1.165) is 18.7 Å². The SMILES string of the molecule is CCCc1nccn1C(C)C(=O)NC(=O)NCC. The summed E-state index contributed by atoms with van der Waals surface area (Å²) in [5.74, 6) is 0.521. The van der Waals surface area contributed by atoms with Crippen molar-refractivity contribution in [2.75, 3.05) is 6.54 Å². The highest BCUT2D eigenvalue weighted by molar-refractivity contribution is 5.96. The second-order valence-corrected chi connectivity index (χ2v) is 4.03. The number of carbonyl (C=O) groups is 2. The van der Waals surface area contributed by atoms with E-state index in [2.05, 4.69) is 22.5 Å². The molecule has 6 nitrogen and oxygen atoms in total. The Balaban J connectivity index is 2.68. The molecule has 1 rings (SSSR count). The van der Waals surface area contributed by atoms with Gasteiger partial charge >= 0.3 is 6.03 Å². The minimum absolute atomic E-state index is 0.337. The van der Waals surface area contributed by atoms with Crippen LogP contribution in [-0.4, -0.2) is 28.0 Å². The normalized spacial score (nSPS) is 11.9. The van der Waals surface area contributed by atoms with Crippen LogP contribution in [0.5, 0.6) is 0 Å². The molecule has 1 unspecified atom stereocenters. The molecule has 0 spiro atoms. The Morgan fingerprint density at radius 1 is 1.44 bits per heavy atom. The molecule has 0 aliphatic heterocycles. The monoisotopic (exact) mass is 252 g/mol. The van der Waals surface area contributed by atoms with Gasteiger partial charge in [0.25, 0.3) is 5.91 Å². The number of aromatic nitrogens is 2. The summed E-state index contributed by atoms with van der Waals surface area (Å²) in [6.07, 6.45) is 5.20. The van der Waals surface area contributed by atoms with Gasteiger partial charge < -0.3 is 9.88 Å². The highest BCUT2D eigenvalue weighted by Crippen LogP contribution is 2.10. The van der Waals surface area contributed by atoms with Crippen molar-refractivity contribution in [2.45, 2.75) is 39.7 Å². The van der Waals surface area contributed by atoms with Crippen molar-refractivity contribution in [3.63, 3.8) is 0 Å². The van der Waals surface area contributed by atoms with E-state index in [0.29, 0.717) is 6.54 Å². The van der Waals surface area contributed by atoms with Gasteiger partial charge in [0.05, 0.1) is 0 Å². The van der Waals surface area contributed by atoms with Crippen LogP contribution in [0.25, 0.3) is 0 Å². The molecule has 3 amide bonds. The van der Waals surface area contributed by atoms with Crippen molar-refractivity contribution in [1.82, 2.24) is 20.2 Å². The predicted octanol–water partition coefficient (Wildman–Crippen LogP) is 1.24. The number of imidazole rings is 1. The van der Waals surface area contributed by atoms with Crippen molar-refractivity contribution >= 4 is 11.9 Å². The highest BCUT2D eigenvalue weighted by atomic mass is 16.2. The van der Waals surface area contributed by atoms with Crippen LogP contribution >= 0.6 is 0 Å². The molecule has 1 atom stereocenters. The van der Waals surface area contributed by atoms with Gasteiger partial charge in [-0.05, 0) is 20.3 Å². The Kier molecular flexibility index (Phi) is 5.35. The topological polar surface area (TPSA) is 76.0 Å². The van der Waals surface area contributed by atoms with E-state index in [4.69, 9.17) is 0 Å². The van der Waals surface area contributed by atoms with Gasteiger partial charge in [-0.3, -0.25) is 10.1 Å². The average molecular weight is 252 g/mol. The molecule has 0 bridgehead atoms. The highest BCUT2D eigenvalue weighted by Gasteiger charge is 2.19. The van der Waals surface area contributed by atoms with Crippen LogP contribution in [0, 0.1) is 0 Å². The number of aryl methyl sites for hydroxylation is 1. The molecule has 1 aromatic rings. The third-order valence-electron chi connectivity index (χ3n) is 2.59. The van der Waals surface area contributed by atoms with Crippen LogP contribution in [0.2, 0.25) is 0 Å². The number of hydrogen-bond donors (Lipinski definition) is 2. The number of rotatable bonds is 5. The fraction of sp³-hybridized carbons (Fsp3) is 0.583. The Bertz CT molecular complexity index is 414. The molecule has 0 saturated carbocycles. The summed E-state index contributed by atoms with van der Waals surface area (Å²) in [4.78, 5) is 27.3. The maximum Gasteiger partial charge on any atom is 0.321 e. The lowest BCUT2D eigenvalue weighted by atomic mass is 10.2. The fourth-order valence-corrected chi connectivity index (χ4v) is 1.66. The van der Waals surface area contributed by atoms with E-state index in [1.54, 1.807) is 30.8 Å². The van der Waals surface area contributed by atoms with Gasteiger partial charge in [0, 0.05) is 25.4 Å². The molecular weight excluding hydrogens is 232 g/mol. The Hall–Kier alpha value is -1.85. The number of carbonyl (C=O) groups excluding carboxylic acids is 2. The quantitative estimate of drug-likeness (QED) is 0.828.